The second-order valence-electron chi connectivity index (χ2n) is 4.77. The maximum absolute atomic E-state index is 11.2. The molecule has 1 aliphatic rings. The highest BCUT2D eigenvalue weighted by molar-refractivity contribution is 7.91. The largest absolute Gasteiger partial charge is 0.312 e. The normalized spacial score (nSPS) is 29.9. The summed E-state index contributed by atoms with van der Waals surface area (Å²) in [6.45, 7) is 6.44. The molecule has 90 valence electrons. The minimum Gasteiger partial charge on any atom is -0.312 e. The average Bonchev–Trinajstić information content (AvgIpc) is 2.16. The van der Waals surface area contributed by atoms with E-state index in [1.807, 2.05) is 0 Å². The zero-order valence-corrected chi connectivity index (χ0v) is 11.2. The molecule has 1 rings (SSSR count). The Hall–Kier alpha value is 0.200. The molecule has 0 radical (unpaired) electrons. The number of alkyl halides is 1. The van der Waals surface area contributed by atoms with Gasteiger partial charge in [-0.3, -0.25) is 0 Å². The lowest BCUT2D eigenvalue weighted by molar-refractivity contribution is 0.119. The van der Waals surface area contributed by atoms with Crippen LogP contribution in [0.3, 0.4) is 0 Å². The van der Waals surface area contributed by atoms with E-state index in [1.54, 1.807) is 6.92 Å². The molecule has 0 aromatic carbocycles. The Bertz CT molecular complexity index is 313. The Balaban J connectivity index is 2.29. The van der Waals surface area contributed by atoms with Crippen LogP contribution in [0.5, 0.6) is 0 Å². The monoisotopic (exact) mass is 253 g/mol. The quantitative estimate of drug-likeness (QED) is 0.754. The van der Waals surface area contributed by atoms with E-state index < -0.39 is 9.84 Å². The molecule has 1 fully saturated rings. The highest BCUT2D eigenvalue weighted by Gasteiger charge is 2.46. The van der Waals surface area contributed by atoms with E-state index in [2.05, 4.69) is 19.2 Å². The summed E-state index contributed by atoms with van der Waals surface area (Å²) in [5, 5.41) is 3.47. The summed E-state index contributed by atoms with van der Waals surface area (Å²) in [7, 11) is -2.85. The standard InChI is InChI=1S/C10H20ClNO2S/c1-4-15(13,14)6-5-12-9-7-8(11)10(9,2)3/h8-9,12H,4-7H2,1-3H3. The zero-order valence-electron chi connectivity index (χ0n) is 9.59. The first-order valence-corrected chi connectivity index (χ1v) is 7.63. The van der Waals surface area contributed by atoms with Crippen LogP contribution < -0.4 is 5.32 Å². The molecule has 1 aliphatic carbocycles. The first-order chi connectivity index (χ1) is 6.79. The fourth-order valence-corrected chi connectivity index (χ4v) is 2.80. The van der Waals surface area contributed by atoms with Gasteiger partial charge in [0.1, 0.15) is 0 Å². The SMILES string of the molecule is CCS(=O)(=O)CCNC1CC(Cl)C1(C)C. The predicted molar refractivity (Wildman–Crippen MR) is 64.2 cm³/mol. The maximum Gasteiger partial charge on any atom is 0.151 e. The van der Waals surface area contributed by atoms with Crippen molar-refractivity contribution in [3.63, 3.8) is 0 Å². The molecule has 2 atom stereocenters. The van der Waals surface area contributed by atoms with Crippen LogP contribution in [0.25, 0.3) is 0 Å². The second kappa shape index (κ2) is 4.60. The molecule has 15 heavy (non-hydrogen) atoms. The first-order valence-electron chi connectivity index (χ1n) is 5.37. The number of hydrogen-bond donors (Lipinski definition) is 1. The van der Waals surface area contributed by atoms with Gasteiger partial charge in [0.25, 0.3) is 0 Å². The van der Waals surface area contributed by atoms with Crippen LogP contribution in [-0.4, -0.2) is 37.9 Å². The molecule has 3 nitrogen and oxygen atoms in total. The van der Waals surface area contributed by atoms with E-state index in [-0.39, 0.29) is 22.3 Å². The Morgan fingerprint density at radius 3 is 2.47 bits per heavy atom. The fraction of sp³-hybridized carbons (Fsp3) is 1.00. The summed E-state index contributed by atoms with van der Waals surface area (Å²) in [4.78, 5) is 0. The molecule has 0 aromatic rings. The lowest BCUT2D eigenvalue weighted by atomic mass is 9.67. The van der Waals surface area contributed by atoms with E-state index in [1.165, 1.54) is 0 Å². The van der Waals surface area contributed by atoms with Crippen molar-refractivity contribution in [2.75, 3.05) is 18.1 Å². The lowest BCUT2D eigenvalue weighted by Crippen LogP contribution is -2.58. The molecule has 0 saturated heterocycles. The van der Waals surface area contributed by atoms with E-state index in [4.69, 9.17) is 11.6 Å². The summed E-state index contributed by atoms with van der Waals surface area (Å²) in [6.07, 6.45) is 0.931. The Morgan fingerprint density at radius 1 is 1.47 bits per heavy atom. The molecule has 1 N–H and O–H groups in total. The smallest absolute Gasteiger partial charge is 0.151 e. The molecule has 0 spiro atoms. The number of sulfone groups is 1. The van der Waals surface area contributed by atoms with Gasteiger partial charge in [0, 0.05) is 23.7 Å². The number of halogens is 1. The second-order valence-corrected chi connectivity index (χ2v) is 7.77. The van der Waals surface area contributed by atoms with E-state index >= 15 is 0 Å². The van der Waals surface area contributed by atoms with E-state index in [9.17, 15) is 8.42 Å². The van der Waals surface area contributed by atoms with E-state index in [0.717, 1.165) is 6.42 Å². The van der Waals surface area contributed by atoms with Crippen LogP contribution in [0.4, 0.5) is 0 Å². The molecule has 0 heterocycles. The third kappa shape index (κ3) is 3.08. The minimum absolute atomic E-state index is 0.0809. The Morgan fingerprint density at radius 2 is 2.07 bits per heavy atom. The third-order valence-electron chi connectivity index (χ3n) is 3.39. The van der Waals surface area contributed by atoms with Crippen molar-refractivity contribution in [2.24, 2.45) is 5.41 Å². The van der Waals surface area contributed by atoms with Crippen LogP contribution in [0.15, 0.2) is 0 Å². The van der Waals surface area contributed by atoms with Crippen molar-refractivity contribution in [1.29, 1.82) is 0 Å². The molecule has 2 unspecified atom stereocenters. The molecular formula is C10H20ClNO2S. The molecule has 0 amide bonds. The summed E-state index contributed by atoms with van der Waals surface area (Å²) in [5.74, 6) is 0.448. The predicted octanol–water partition coefficient (Wildman–Crippen LogP) is 1.42. The number of rotatable bonds is 5. The highest BCUT2D eigenvalue weighted by Crippen LogP contribution is 2.44. The number of nitrogens with one attached hydrogen (secondary N) is 1. The summed E-state index contributed by atoms with van der Waals surface area (Å²) >= 11 is 6.07. The summed E-state index contributed by atoms with van der Waals surface area (Å²) in [6, 6.07) is 0.354. The third-order valence-corrected chi connectivity index (χ3v) is 5.84. The van der Waals surface area contributed by atoms with Gasteiger partial charge < -0.3 is 5.32 Å². The first kappa shape index (κ1) is 13.3. The van der Waals surface area contributed by atoms with Crippen LogP contribution >= 0.6 is 11.6 Å². The summed E-state index contributed by atoms with van der Waals surface area (Å²) in [5.41, 5.74) is 0.0809. The topological polar surface area (TPSA) is 46.2 Å². The van der Waals surface area contributed by atoms with Gasteiger partial charge in [-0.2, -0.15) is 0 Å². The molecule has 0 aliphatic heterocycles. The molecule has 0 bridgehead atoms. The average molecular weight is 254 g/mol. The minimum atomic E-state index is -2.85. The molecular weight excluding hydrogens is 234 g/mol. The fourth-order valence-electron chi connectivity index (χ4n) is 1.75. The van der Waals surface area contributed by atoms with Crippen molar-refractivity contribution in [3.05, 3.63) is 0 Å². The van der Waals surface area contributed by atoms with Crippen molar-refractivity contribution >= 4 is 21.4 Å². The lowest BCUT2D eigenvalue weighted by Gasteiger charge is -2.49. The van der Waals surface area contributed by atoms with Crippen molar-refractivity contribution < 1.29 is 8.42 Å². The zero-order chi connectivity index (χ0) is 11.7. The highest BCUT2D eigenvalue weighted by atomic mass is 35.5. The van der Waals surface area contributed by atoms with E-state index in [0.29, 0.717) is 12.6 Å². The van der Waals surface area contributed by atoms with Crippen molar-refractivity contribution in [3.8, 4) is 0 Å². The van der Waals surface area contributed by atoms with Gasteiger partial charge >= 0.3 is 0 Å². The summed E-state index contributed by atoms with van der Waals surface area (Å²) < 4.78 is 22.5. The van der Waals surface area contributed by atoms with Gasteiger partial charge in [0.2, 0.25) is 0 Å². The van der Waals surface area contributed by atoms with Gasteiger partial charge in [-0.15, -0.1) is 11.6 Å². The Labute approximate surface area is 97.5 Å². The van der Waals surface area contributed by atoms with Crippen molar-refractivity contribution in [1.82, 2.24) is 5.32 Å². The molecule has 1 saturated carbocycles. The van der Waals surface area contributed by atoms with Gasteiger partial charge in [-0.05, 0) is 11.8 Å². The van der Waals surface area contributed by atoms with Crippen LogP contribution in [0, 0.1) is 5.41 Å². The van der Waals surface area contributed by atoms with Gasteiger partial charge in [-0.25, -0.2) is 8.42 Å². The number of hydrogen-bond acceptors (Lipinski definition) is 3. The van der Waals surface area contributed by atoms with Gasteiger partial charge in [0.15, 0.2) is 9.84 Å². The van der Waals surface area contributed by atoms with Gasteiger partial charge in [0.05, 0.1) is 5.75 Å². The van der Waals surface area contributed by atoms with Crippen LogP contribution in [-0.2, 0) is 9.84 Å². The van der Waals surface area contributed by atoms with Crippen LogP contribution in [0.2, 0.25) is 0 Å². The molecule has 5 heteroatoms. The Kier molecular flexibility index (Phi) is 4.07. The van der Waals surface area contributed by atoms with Crippen LogP contribution in [0.1, 0.15) is 27.2 Å². The van der Waals surface area contributed by atoms with Crippen molar-refractivity contribution in [2.45, 2.75) is 38.6 Å². The molecule has 0 aromatic heterocycles. The van der Waals surface area contributed by atoms with Gasteiger partial charge in [-0.1, -0.05) is 20.8 Å². The maximum atomic E-state index is 11.2.